The van der Waals surface area contributed by atoms with Crippen LogP contribution < -0.4 is 5.32 Å². The standard InChI is InChI=1S/C17H21BrN2O/c1-20(11-13-2-4-15(18)5-3-13)12-14-8-9-21-17(14)10-19-16-6-7-16/h2-5,8-9,16,19H,6-7,10-12H2,1H3. The third-order valence-electron chi connectivity index (χ3n) is 3.77. The fraction of sp³-hybridized carbons (Fsp3) is 0.412. The van der Waals surface area contributed by atoms with Crippen LogP contribution in [-0.4, -0.2) is 18.0 Å². The summed E-state index contributed by atoms with van der Waals surface area (Å²) >= 11 is 3.47. The highest BCUT2D eigenvalue weighted by molar-refractivity contribution is 9.10. The molecular formula is C17H21BrN2O. The van der Waals surface area contributed by atoms with Crippen LogP contribution in [0, 0.1) is 0 Å². The summed E-state index contributed by atoms with van der Waals surface area (Å²) in [5, 5.41) is 3.51. The maximum absolute atomic E-state index is 5.61. The predicted molar refractivity (Wildman–Crippen MR) is 87.9 cm³/mol. The SMILES string of the molecule is CN(Cc1ccc(Br)cc1)Cc1ccoc1CNC1CC1. The van der Waals surface area contributed by atoms with E-state index in [1.807, 2.05) is 0 Å². The molecule has 0 radical (unpaired) electrons. The normalized spacial score (nSPS) is 14.8. The van der Waals surface area contributed by atoms with E-state index in [2.05, 4.69) is 63.5 Å². The maximum Gasteiger partial charge on any atom is 0.122 e. The second kappa shape index (κ2) is 6.77. The smallest absolute Gasteiger partial charge is 0.122 e. The molecule has 1 fully saturated rings. The van der Waals surface area contributed by atoms with Gasteiger partial charge in [0.1, 0.15) is 5.76 Å². The van der Waals surface area contributed by atoms with Gasteiger partial charge < -0.3 is 9.73 Å². The van der Waals surface area contributed by atoms with Crippen molar-refractivity contribution in [2.24, 2.45) is 0 Å². The van der Waals surface area contributed by atoms with E-state index in [4.69, 9.17) is 4.42 Å². The van der Waals surface area contributed by atoms with Gasteiger partial charge in [0.2, 0.25) is 0 Å². The van der Waals surface area contributed by atoms with Crippen LogP contribution in [0.15, 0.2) is 45.5 Å². The van der Waals surface area contributed by atoms with E-state index in [1.165, 1.54) is 24.0 Å². The van der Waals surface area contributed by atoms with E-state index >= 15 is 0 Å². The van der Waals surface area contributed by atoms with Crippen molar-refractivity contribution in [3.05, 3.63) is 58.0 Å². The largest absolute Gasteiger partial charge is 0.468 e. The predicted octanol–water partition coefficient (Wildman–Crippen LogP) is 3.93. The van der Waals surface area contributed by atoms with Crippen LogP contribution in [0.25, 0.3) is 0 Å². The van der Waals surface area contributed by atoms with Gasteiger partial charge in [0.25, 0.3) is 0 Å². The Labute approximate surface area is 134 Å². The monoisotopic (exact) mass is 348 g/mol. The van der Waals surface area contributed by atoms with Crippen molar-refractivity contribution in [1.82, 2.24) is 10.2 Å². The number of hydrogen-bond donors (Lipinski definition) is 1. The summed E-state index contributed by atoms with van der Waals surface area (Å²) in [5.41, 5.74) is 2.60. The topological polar surface area (TPSA) is 28.4 Å². The van der Waals surface area contributed by atoms with Gasteiger partial charge >= 0.3 is 0 Å². The van der Waals surface area contributed by atoms with E-state index in [-0.39, 0.29) is 0 Å². The Morgan fingerprint density at radius 3 is 2.67 bits per heavy atom. The van der Waals surface area contributed by atoms with Crippen LogP contribution >= 0.6 is 15.9 Å². The minimum absolute atomic E-state index is 0.712. The van der Waals surface area contributed by atoms with Crippen LogP contribution in [0.2, 0.25) is 0 Å². The molecule has 112 valence electrons. The molecule has 0 saturated heterocycles. The second-order valence-corrected chi connectivity index (χ2v) is 6.74. The molecule has 21 heavy (non-hydrogen) atoms. The quantitative estimate of drug-likeness (QED) is 0.821. The van der Waals surface area contributed by atoms with Crippen LogP contribution in [0.1, 0.15) is 29.7 Å². The number of nitrogens with zero attached hydrogens (tertiary/aromatic N) is 1. The molecular weight excluding hydrogens is 328 g/mol. The summed E-state index contributed by atoms with van der Waals surface area (Å²) in [5.74, 6) is 1.07. The van der Waals surface area contributed by atoms with Gasteiger partial charge in [-0.1, -0.05) is 28.1 Å². The lowest BCUT2D eigenvalue weighted by Gasteiger charge is -2.17. The van der Waals surface area contributed by atoms with Gasteiger partial charge in [0, 0.05) is 29.2 Å². The molecule has 0 atom stereocenters. The highest BCUT2D eigenvalue weighted by Crippen LogP contribution is 2.21. The van der Waals surface area contributed by atoms with Crippen molar-refractivity contribution in [3.8, 4) is 0 Å². The van der Waals surface area contributed by atoms with Gasteiger partial charge in [-0.2, -0.15) is 0 Å². The molecule has 1 aliphatic rings. The van der Waals surface area contributed by atoms with Crippen molar-refractivity contribution in [3.63, 3.8) is 0 Å². The molecule has 0 amide bonds. The first kappa shape index (κ1) is 14.8. The van der Waals surface area contributed by atoms with Gasteiger partial charge in [-0.05, 0) is 43.7 Å². The van der Waals surface area contributed by atoms with E-state index in [0.717, 1.165) is 29.9 Å². The molecule has 3 nitrogen and oxygen atoms in total. The number of benzene rings is 1. The highest BCUT2D eigenvalue weighted by Gasteiger charge is 2.21. The van der Waals surface area contributed by atoms with Crippen molar-refractivity contribution in [2.45, 2.75) is 38.5 Å². The minimum Gasteiger partial charge on any atom is -0.468 e. The maximum atomic E-state index is 5.61. The van der Waals surface area contributed by atoms with E-state index < -0.39 is 0 Å². The summed E-state index contributed by atoms with van der Waals surface area (Å²) in [6, 6.07) is 11.3. The molecule has 4 heteroatoms. The molecule has 1 heterocycles. The first-order valence-corrected chi connectivity index (χ1v) is 8.21. The zero-order valence-corrected chi connectivity index (χ0v) is 13.9. The van der Waals surface area contributed by atoms with E-state index in [1.54, 1.807) is 6.26 Å². The lowest BCUT2D eigenvalue weighted by molar-refractivity contribution is 0.314. The third-order valence-corrected chi connectivity index (χ3v) is 4.30. The first-order chi connectivity index (χ1) is 10.2. The first-order valence-electron chi connectivity index (χ1n) is 7.42. The van der Waals surface area contributed by atoms with Gasteiger partial charge in [0.05, 0.1) is 12.8 Å². The number of rotatable bonds is 7. The number of hydrogen-bond acceptors (Lipinski definition) is 3. The summed E-state index contributed by atoms with van der Waals surface area (Å²) in [6.07, 6.45) is 4.41. The molecule has 1 saturated carbocycles. The Balaban J connectivity index is 1.55. The molecule has 0 unspecified atom stereocenters. The fourth-order valence-electron chi connectivity index (χ4n) is 2.44. The zero-order valence-electron chi connectivity index (χ0n) is 12.3. The molecule has 1 aromatic carbocycles. The Morgan fingerprint density at radius 2 is 1.95 bits per heavy atom. The highest BCUT2D eigenvalue weighted by atomic mass is 79.9. The molecule has 0 aliphatic heterocycles. The average molecular weight is 349 g/mol. The van der Waals surface area contributed by atoms with Crippen molar-refractivity contribution in [1.29, 1.82) is 0 Å². The Morgan fingerprint density at radius 1 is 1.19 bits per heavy atom. The Bertz CT molecular complexity index is 575. The summed E-state index contributed by atoms with van der Waals surface area (Å²) in [7, 11) is 2.15. The van der Waals surface area contributed by atoms with Gasteiger partial charge in [-0.25, -0.2) is 0 Å². The van der Waals surface area contributed by atoms with Crippen LogP contribution in [-0.2, 0) is 19.6 Å². The molecule has 2 aromatic rings. The second-order valence-electron chi connectivity index (χ2n) is 5.82. The van der Waals surface area contributed by atoms with Crippen molar-refractivity contribution < 1.29 is 4.42 Å². The molecule has 3 rings (SSSR count). The zero-order chi connectivity index (χ0) is 14.7. The van der Waals surface area contributed by atoms with Crippen LogP contribution in [0.3, 0.4) is 0 Å². The lowest BCUT2D eigenvalue weighted by atomic mass is 10.2. The minimum atomic E-state index is 0.712. The average Bonchev–Trinajstić information content (AvgIpc) is 3.20. The van der Waals surface area contributed by atoms with Crippen LogP contribution in [0.4, 0.5) is 0 Å². The number of furan rings is 1. The lowest BCUT2D eigenvalue weighted by Crippen LogP contribution is -2.20. The van der Waals surface area contributed by atoms with Crippen molar-refractivity contribution >= 4 is 15.9 Å². The van der Waals surface area contributed by atoms with Gasteiger partial charge in [-0.3, -0.25) is 4.90 Å². The third kappa shape index (κ3) is 4.43. The molecule has 0 spiro atoms. The molecule has 1 N–H and O–H groups in total. The van der Waals surface area contributed by atoms with Gasteiger partial charge in [-0.15, -0.1) is 0 Å². The summed E-state index contributed by atoms with van der Waals surface area (Å²) in [6.45, 7) is 2.70. The molecule has 0 bridgehead atoms. The summed E-state index contributed by atoms with van der Waals surface area (Å²) in [4.78, 5) is 2.31. The Kier molecular flexibility index (Phi) is 4.78. The summed E-state index contributed by atoms with van der Waals surface area (Å²) < 4.78 is 6.74. The van der Waals surface area contributed by atoms with Crippen molar-refractivity contribution in [2.75, 3.05) is 7.05 Å². The van der Waals surface area contributed by atoms with Gasteiger partial charge in [0.15, 0.2) is 0 Å². The van der Waals surface area contributed by atoms with Crippen LogP contribution in [0.5, 0.6) is 0 Å². The molecule has 1 aromatic heterocycles. The number of nitrogens with one attached hydrogen (secondary N) is 1. The molecule has 1 aliphatic carbocycles. The Hall–Kier alpha value is -1.10. The van der Waals surface area contributed by atoms with E-state index in [0.29, 0.717) is 6.04 Å². The van der Waals surface area contributed by atoms with E-state index in [9.17, 15) is 0 Å². The fourth-order valence-corrected chi connectivity index (χ4v) is 2.70. The number of halogens is 1.